The van der Waals surface area contributed by atoms with Crippen LogP contribution in [0.5, 0.6) is 0 Å². The molecule has 1 atom stereocenters. The van der Waals surface area contributed by atoms with E-state index in [4.69, 9.17) is 4.42 Å². The van der Waals surface area contributed by atoms with E-state index in [9.17, 15) is 24.0 Å². The number of para-hydroxylation sites is 1. The number of hydrogen-bond acceptors (Lipinski definition) is 7. The number of esters is 1. The van der Waals surface area contributed by atoms with Crippen molar-refractivity contribution in [2.45, 2.75) is 70.9 Å². The maximum atomic E-state index is 13.5. The molecule has 248 valence electrons. The molecule has 2 heterocycles. The lowest BCUT2D eigenvalue weighted by Gasteiger charge is -2.56. The summed E-state index contributed by atoms with van der Waals surface area (Å²) in [4.78, 5) is 64.7. The summed E-state index contributed by atoms with van der Waals surface area (Å²) in [6.45, 7) is 2.23. The highest BCUT2D eigenvalue weighted by molar-refractivity contribution is 6.03. The van der Waals surface area contributed by atoms with Gasteiger partial charge in [-0.05, 0) is 99.7 Å². The number of nitrogens with one attached hydrogen (secondary N) is 3. The van der Waals surface area contributed by atoms with Gasteiger partial charge in [-0.3, -0.25) is 19.2 Å². The molecule has 4 bridgehead atoms. The van der Waals surface area contributed by atoms with Crippen LogP contribution >= 0.6 is 0 Å². The Balaban J connectivity index is 1.11. The number of methoxy groups -OCH3 is 1. The number of ether oxygens (including phenoxy) is 1. The quantitative estimate of drug-likeness (QED) is 0.195. The lowest BCUT2D eigenvalue weighted by molar-refractivity contribution is -0.134. The summed E-state index contributed by atoms with van der Waals surface area (Å²) in [7, 11) is 1.26. The largest absolute Gasteiger partial charge is 0.466 e. The van der Waals surface area contributed by atoms with Gasteiger partial charge in [0.05, 0.1) is 7.11 Å². The number of furan rings is 1. The first-order valence-electron chi connectivity index (χ1n) is 16.4. The third-order valence-corrected chi connectivity index (χ3v) is 10.2. The molecule has 3 N–H and O–H groups in total. The van der Waals surface area contributed by atoms with Crippen LogP contribution in [0.15, 0.2) is 64.0 Å². The van der Waals surface area contributed by atoms with E-state index in [1.807, 2.05) is 12.1 Å². The molecule has 4 fully saturated rings. The van der Waals surface area contributed by atoms with E-state index >= 15 is 0 Å². The summed E-state index contributed by atoms with van der Waals surface area (Å²) in [5, 5.41) is 9.25. The van der Waals surface area contributed by atoms with Gasteiger partial charge in [-0.15, -0.1) is 0 Å². The minimum Gasteiger partial charge on any atom is -0.466 e. The zero-order chi connectivity index (χ0) is 33.1. The van der Waals surface area contributed by atoms with Gasteiger partial charge in [0.2, 0.25) is 11.8 Å². The number of nitrogens with zero attached hydrogens (tertiary/aromatic N) is 1. The molecule has 47 heavy (non-hydrogen) atoms. The van der Waals surface area contributed by atoms with Crippen LogP contribution in [0.4, 0.5) is 5.69 Å². The number of anilines is 1. The van der Waals surface area contributed by atoms with E-state index in [-0.39, 0.29) is 42.2 Å². The first-order chi connectivity index (χ1) is 22.6. The fourth-order valence-corrected chi connectivity index (χ4v) is 8.37. The fourth-order valence-electron chi connectivity index (χ4n) is 8.37. The van der Waals surface area contributed by atoms with Gasteiger partial charge in [-0.1, -0.05) is 24.3 Å². The van der Waals surface area contributed by atoms with E-state index in [0.717, 1.165) is 23.1 Å². The van der Waals surface area contributed by atoms with Gasteiger partial charge < -0.3 is 29.7 Å². The lowest BCUT2D eigenvalue weighted by Crippen LogP contribution is -2.51. The third-order valence-electron chi connectivity index (χ3n) is 10.2. The van der Waals surface area contributed by atoms with Gasteiger partial charge in [0.1, 0.15) is 23.9 Å². The molecule has 2 aromatic heterocycles. The van der Waals surface area contributed by atoms with Crippen molar-refractivity contribution < 1.29 is 28.3 Å². The Bertz CT molecular complexity index is 1730. The Hall–Kier alpha value is -4.67. The molecule has 0 aliphatic heterocycles. The molecule has 1 aromatic carbocycles. The van der Waals surface area contributed by atoms with Crippen molar-refractivity contribution in [1.29, 1.82) is 0 Å². The third kappa shape index (κ3) is 7.18. The normalized spacial score (nSPS) is 23.5. The van der Waals surface area contributed by atoms with Crippen LogP contribution in [0.3, 0.4) is 0 Å². The van der Waals surface area contributed by atoms with Crippen LogP contribution < -0.4 is 21.5 Å². The highest BCUT2D eigenvalue weighted by atomic mass is 16.5. The van der Waals surface area contributed by atoms with Gasteiger partial charge in [-0.2, -0.15) is 0 Å². The minimum atomic E-state index is -1.07. The Kier molecular flexibility index (Phi) is 9.33. The molecule has 11 heteroatoms. The molecular weight excluding hydrogens is 600 g/mol. The molecule has 7 rings (SSSR count). The Labute approximate surface area is 273 Å². The number of aromatic nitrogens is 1. The molecular formula is C36H42N4O7. The standard InChI is InChI=1S/C36H42N4O7/c1-22-26-8-3-5-11-29(26)47-32(22)34(44)38-27(9-4-6-12-31(42)46-2)33(43)39-28-10-7-13-40(35(28)45)20-30(41)37-21-36-17-23-14-24(18-36)16-25(15-23)19-36/h3,5-8,10-13,23-25,27H,4,9,14-21H2,1-2H3,(H,37,41)(H,38,44)(H,39,43)/b12-6+/t23?,24?,25?,27-,36?/m0/s1. The van der Waals surface area contributed by atoms with Crippen molar-refractivity contribution in [3.63, 3.8) is 0 Å². The summed E-state index contributed by atoms with van der Waals surface area (Å²) < 4.78 is 11.7. The van der Waals surface area contributed by atoms with Gasteiger partial charge >= 0.3 is 5.97 Å². The average molecular weight is 643 g/mol. The van der Waals surface area contributed by atoms with Crippen LogP contribution in [-0.2, 0) is 25.7 Å². The van der Waals surface area contributed by atoms with E-state index in [1.54, 1.807) is 31.2 Å². The number of amides is 3. The molecule has 0 saturated heterocycles. The van der Waals surface area contributed by atoms with Crippen molar-refractivity contribution in [1.82, 2.24) is 15.2 Å². The Morgan fingerprint density at radius 2 is 1.74 bits per heavy atom. The van der Waals surface area contributed by atoms with Crippen LogP contribution in [0, 0.1) is 30.1 Å². The Morgan fingerprint density at radius 3 is 2.43 bits per heavy atom. The van der Waals surface area contributed by atoms with Gasteiger partial charge in [0.15, 0.2) is 5.76 Å². The van der Waals surface area contributed by atoms with E-state index in [1.165, 1.54) is 68.5 Å². The molecule has 0 radical (unpaired) electrons. The summed E-state index contributed by atoms with van der Waals surface area (Å²) in [6, 6.07) is 9.22. The highest BCUT2D eigenvalue weighted by Crippen LogP contribution is 2.59. The number of pyridine rings is 1. The SMILES string of the molecule is COC(=O)/C=C/CC[C@H](NC(=O)c1oc2ccccc2c1C)C(=O)Nc1cccn(CC(=O)NCC23CC4CC(CC(C4)C2)C3)c1=O. The number of benzene rings is 1. The van der Waals surface area contributed by atoms with E-state index in [2.05, 4.69) is 20.7 Å². The van der Waals surface area contributed by atoms with Crippen molar-refractivity contribution in [2.24, 2.45) is 23.2 Å². The van der Waals surface area contributed by atoms with Crippen LogP contribution in [-0.4, -0.2) is 48.0 Å². The average Bonchev–Trinajstić information content (AvgIpc) is 3.39. The van der Waals surface area contributed by atoms with Gasteiger partial charge in [-0.25, -0.2) is 4.79 Å². The zero-order valence-electron chi connectivity index (χ0n) is 26.9. The van der Waals surface area contributed by atoms with Crippen LogP contribution in [0.2, 0.25) is 0 Å². The topological polar surface area (TPSA) is 149 Å². The second-order valence-electron chi connectivity index (χ2n) is 13.6. The molecule has 11 nitrogen and oxygen atoms in total. The first kappa shape index (κ1) is 32.3. The number of fused-ring (bicyclic) bond motifs is 1. The second kappa shape index (κ2) is 13.6. The summed E-state index contributed by atoms with van der Waals surface area (Å²) in [5.41, 5.74) is 0.807. The number of hydrogen-bond donors (Lipinski definition) is 3. The van der Waals surface area contributed by atoms with Crippen LogP contribution in [0.1, 0.15) is 67.5 Å². The summed E-state index contributed by atoms with van der Waals surface area (Å²) in [5.74, 6) is 0.422. The molecule has 0 spiro atoms. The maximum Gasteiger partial charge on any atom is 0.330 e. The van der Waals surface area contributed by atoms with Crippen molar-refractivity contribution in [3.05, 3.63) is 76.4 Å². The predicted molar refractivity (Wildman–Crippen MR) is 176 cm³/mol. The number of rotatable bonds is 12. The molecule has 3 aromatic rings. The van der Waals surface area contributed by atoms with E-state index in [0.29, 0.717) is 17.7 Å². The maximum absolute atomic E-state index is 13.5. The zero-order valence-corrected chi connectivity index (χ0v) is 26.9. The van der Waals surface area contributed by atoms with Crippen molar-refractivity contribution >= 4 is 40.3 Å². The molecule has 3 amide bonds. The molecule has 4 aliphatic carbocycles. The van der Waals surface area contributed by atoms with Crippen molar-refractivity contribution in [3.8, 4) is 0 Å². The first-order valence-corrected chi connectivity index (χ1v) is 16.4. The highest BCUT2D eigenvalue weighted by Gasteiger charge is 2.50. The van der Waals surface area contributed by atoms with E-state index < -0.39 is 29.4 Å². The monoisotopic (exact) mass is 642 g/mol. The number of allylic oxidation sites excluding steroid dienone is 1. The molecule has 4 saturated carbocycles. The minimum absolute atomic E-state index is 0.0179. The lowest BCUT2D eigenvalue weighted by atomic mass is 9.49. The summed E-state index contributed by atoms with van der Waals surface area (Å²) >= 11 is 0. The van der Waals surface area contributed by atoms with Crippen LogP contribution in [0.25, 0.3) is 11.0 Å². The second-order valence-corrected chi connectivity index (χ2v) is 13.6. The number of carbonyl (C=O) groups is 4. The smallest absolute Gasteiger partial charge is 0.330 e. The number of carbonyl (C=O) groups excluding carboxylic acids is 4. The fraction of sp³-hybridized carbons (Fsp3) is 0.472. The molecule has 0 unspecified atom stereocenters. The molecule has 4 aliphatic rings. The van der Waals surface area contributed by atoms with Gasteiger partial charge in [0, 0.05) is 29.8 Å². The Morgan fingerprint density at radius 1 is 1.04 bits per heavy atom. The van der Waals surface area contributed by atoms with Gasteiger partial charge in [0.25, 0.3) is 11.5 Å². The summed E-state index contributed by atoms with van der Waals surface area (Å²) in [6.07, 6.45) is 12.2. The number of aryl methyl sites for hydroxylation is 1. The predicted octanol–water partition coefficient (Wildman–Crippen LogP) is 4.48. The van der Waals surface area contributed by atoms with Crippen molar-refractivity contribution in [2.75, 3.05) is 19.0 Å².